The lowest BCUT2D eigenvalue weighted by Crippen LogP contribution is -2.31. The van der Waals surface area contributed by atoms with Crippen LogP contribution in [0, 0.1) is 6.92 Å². The summed E-state index contributed by atoms with van der Waals surface area (Å²) in [5.41, 5.74) is 2.40. The van der Waals surface area contributed by atoms with E-state index < -0.39 is 0 Å². The number of hydrogen-bond acceptors (Lipinski definition) is 2. The summed E-state index contributed by atoms with van der Waals surface area (Å²) in [6, 6.07) is 0. The van der Waals surface area contributed by atoms with Gasteiger partial charge in [-0.3, -0.25) is 4.68 Å². The second-order valence-corrected chi connectivity index (χ2v) is 3.59. The number of aliphatic hydroxyl groups excluding tert-OH is 1. The Morgan fingerprint density at radius 2 is 2.33 bits per heavy atom. The SMILES string of the molecule is Cc1cnn(C)c1C1CCC1O. The van der Waals surface area contributed by atoms with Crippen LogP contribution in [0.5, 0.6) is 0 Å². The summed E-state index contributed by atoms with van der Waals surface area (Å²) >= 11 is 0. The zero-order valence-electron chi connectivity index (χ0n) is 7.49. The molecule has 1 aliphatic rings. The standard InChI is InChI=1S/C9H14N2O/c1-6-5-10-11(2)9(6)7-3-4-8(7)12/h5,7-8,12H,3-4H2,1-2H3. The van der Waals surface area contributed by atoms with Crippen LogP contribution in [0.2, 0.25) is 0 Å². The fourth-order valence-corrected chi connectivity index (χ4v) is 1.89. The van der Waals surface area contributed by atoms with Gasteiger partial charge in [-0.25, -0.2) is 0 Å². The van der Waals surface area contributed by atoms with Crippen molar-refractivity contribution in [2.24, 2.45) is 7.05 Å². The fraction of sp³-hybridized carbons (Fsp3) is 0.667. The molecule has 1 heterocycles. The van der Waals surface area contributed by atoms with Crippen molar-refractivity contribution in [1.29, 1.82) is 0 Å². The lowest BCUT2D eigenvalue weighted by molar-refractivity contribution is 0.0621. The van der Waals surface area contributed by atoms with E-state index in [4.69, 9.17) is 0 Å². The molecule has 0 aliphatic heterocycles. The van der Waals surface area contributed by atoms with Gasteiger partial charge in [0.05, 0.1) is 12.3 Å². The highest BCUT2D eigenvalue weighted by Gasteiger charge is 2.33. The molecule has 1 fully saturated rings. The Kier molecular flexibility index (Phi) is 1.68. The van der Waals surface area contributed by atoms with Crippen LogP contribution in [0.15, 0.2) is 6.20 Å². The minimum Gasteiger partial charge on any atom is -0.392 e. The number of aryl methyl sites for hydroxylation is 2. The van der Waals surface area contributed by atoms with Gasteiger partial charge in [-0.15, -0.1) is 0 Å². The van der Waals surface area contributed by atoms with Crippen molar-refractivity contribution < 1.29 is 5.11 Å². The molecule has 1 aliphatic carbocycles. The first-order chi connectivity index (χ1) is 5.70. The van der Waals surface area contributed by atoms with Crippen molar-refractivity contribution in [3.63, 3.8) is 0 Å². The summed E-state index contributed by atoms with van der Waals surface area (Å²) < 4.78 is 1.88. The molecule has 1 aromatic rings. The molecule has 1 aromatic heterocycles. The van der Waals surface area contributed by atoms with Gasteiger partial charge < -0.3 is 5.11 Å². The highest BCUT2D eigenvalue weighted by Crippen LogP contribution is 2.37. The van der Waals surface area contributed by atoms with Crippen molar-refractivity contribution in [1.82, 2.24) is 9.78 Å². The summed E-state index contributed by atoms with van der Waals surface area (Å²) in [4.78, 5) is 0. The Morgan fingerprint density at radius 1 is 1.58 bits per heavy atom. The van der Waals surface area contributed by atoms with Gasteiger partial charge in [0.2, 0.25) is 0 Å². The van der Waals surface area contributed by atoms with Crippen LogP contribution < -0.4 is 0 Å². The third kappa shape index (κ3) is 0.966. The molecule has 2 atom stereocenters. The van der Waals surface area contributed by atoms with Crippen LogP contribution in [-0.4, -0.2) is 21.0 Å². The van der Waals surface area contributed by atoms with Crippen LogP contribution in [0.25, 0.3) is 0 Å². The summed E-state index contributed by atoms with van der Waals surface area (Å²) in [5, 5.41) is 13.6. The van der Waals surface area contributed by atoms with Gasteiger partial charge in [0.15, 0.2) is 0 Å². The molecule has 3 nitrogen and oxygen atoms in total. The Balaban J connectivity index is 2.32. The topological polar surface area (TPSA) is 38.0 Å². The van der Waals surface area contributed by atoms with E-state index in [1.807, 2.05) is 24.9 Å². The molecular weight excluding hydrogens is 152 g/mol. The van der Waals surface area contributed by atoms with E-state index in [1.54, 1.807) is 0 Å². The van der Waals surface area contributed by atoms with Gasteiger partial charge in [0, 0.05) is 18.7 Å². The number of hydrogen-bond donors (Lipinski definition) is 1. The first-order valence-corrected chi connectivity index (χ1v) is 4.36. The van der Waals surface area contributed by atoms with Gasteiger partial charge in [-0.2, -0.15) is 5.10 Å². The molecule has 66 valence electrons. The fourth-order valence-electron chi connectivity index (χ4n) is 1.89. The van der Waals surface area contributed by atoms with Gasteiger partial charge in [-0.05, 0) is 25.3 Å². The summed E-state index contributed by atoms with van der Waals surface area (Å²) in [7, 11) is 1.94. The molecule has 1 N–H and O–H groups in total. The van der Waals surface area contributed by atoms with Crippen molar-refractivity contribution >= 4 is 0 Å². The molecule has 0 amide bonds. The third-order valence-electron chi connectivity index (χ3n) is 2.77. The summed E-state index contributed by atoms with van der Waals surface area (Å²) in [5.74, 6) is 0.331. The molecule has 0 spiro atoms. The first-order valence-electron chi connectivity index (χ1n) is 4.36. The number of aromatic nitrogens is 2. The lowest BCUT2D eigenvalue weighted by atomic mass is 9.78. The van der Waals surface area contributed by atoms with E-state index in [9.17, 15) is 5.11 Å². The maximum Gasteiger partial charge on any atom is 0.0624 e. The van der Waals surface area contributed by atoms with Crippen molar-refractivity contribution in [2.45, 2.75) is 31.8 Å². The van der Waals surface area contributed by atoms with Crippen LogP contribution in [0.3, 0.4) is 0 Å². The Hall–Kier alpha value is -0.830. The highest BCUT2D eigenvalue weighted by molar-refractivity contribution is 5.23. The molecule has 2 unspecified atom stereocenters. The van der Waals surface area contributed by atoms with Crippen molar-refractivity contribution in [2.75, 3.05) is 0 Å². The van der Waals surface area contributed by atoms with E-state index >= 15 is 0 Å². The third-order valence-corrected chi connectivity index (χ3v) is 2.77. The zero-order valence-corrected chi connectivity index (χ0v) is 7.49. The average molecular weight is 166 g/mol. The van der Waals surface area contributed by atoms with Gasteiger partial charge in [0.1, 0.15) is 0 Å². The first kappa shape index (κ1) is 7.80. The second kappa shape index (κ2) is 2.59. The minimum atomic E-state index is -0.140. The Labute approximate surface area is 72.0 Å². The second-order valence-electron chi connectivity index (χ2n) is 3.59. The number of aliphatic hydroxyl groups is 1. The molecule has 3 heteroatoms. The number of nitrogens with zero attached hydrogens (tertiary/aromatic N) is 2. The van der Waals surface area contributed by atoms with Crippen LogP contribution in [-0.2, 0) is 7.05 Å². The minimum absolute atomic E-state index is 0.140. The van der Waals surface area contributed by atoms with Crippen LogP contribution >= 0.6 is 0 Å². The molecular formula is C9H14N2O. The van der Waals surface area contributed by atoms with Gasteiger partial charge in [-0.1, -0.05) is 0 Å². The molecule has 12 heavy (non-hydrogen) atoms. The lowest BCUT2D eigenvalue weighted by Gasteiger charge is -2.32. The molecule has 2 rings (SSSR count). The number of rotatable bonds is 1. The molecule has 1 saturated carbocycles. The van der Waals surface area contributed by atoms with E-state index in [1.165, 1.54) is 11.3 Å². The summed E-state index contributed by atoms with van der Waals surface area (Å²) in [6.45, 7) is 2.05. The van der Waals surface area contributed by atoms with E-state index in [0.29, 0.717) is 5.92 Å². The van der Waals surface area contributed by atoms with E-state index in [-0.39, 0.29) is 6.10 Å². The monoisotopic (exact) mass is 166 g/mol. The Morgan fingerprint density at radius 3 is 2.67 bits per heavy atom. The van der Waals surface area contributed by atoms with Crippen LogP contribution in [0.4, 0.5) is 0 Å². The molecule has 0 saturated heterocycles. The smallest absolute Gasteiger partial charge is 0.0624 e. The normalized spacial score (nSPS) is 28.6. The van der Waals surface area contributed by atoms with E-state index in [2.05, 4.69) is 5.10 Å². The maximum atomic E-state index is 9.49. The predicted molar refractivity (Wildman–Crippen MR) is 45.9 cm³/mol. The predicted octanol–water partition coefficient (Wildman–Crippen LogP) is 0.967. The highest BCUT2D eigenvalue weighted by atomic mass is 16.3. The zero-order chi connectivity index (χ0) is 8.72. The van der Waals surface area contributed by atoms with Crippen molar-refractivity contribution in [3.8, 4) is 0 Å². The molecule has 0 aromatic carbocycles. The molecule has 0 radical (unpaired) electrons. The Bertz CT molecular complexity index is 273. The maximum absolute atomic E-state index is 9.49. The summed E-state index contributed by atoms with van der Waals surface area (Å²) in [6.07, 6.45) is 3.76. The average Bonchev–Trinajstić information content (AvgIpc) is 2.33. The van der Waals surface area contributed by atoms with E-state index in [0.717, 1.165) is 12.8 Å². The van der Waals surface area contributed by atoms with Crippen molar-refractivity contribution in [3.05, 3.63) is 17.5 Å². The quantitative estimate of drug-likeness (QED) is 0.675. The van der Waals surface area contributed by atoms with Gasteiger partial charge >= 0.3 is 0 Å². The molecule has 0 bridgehead atoms. The largest absolute Gasteiger partial charge is 0.392 e. The van der Waals surface area contributed by atoms with Crippen LogP contribution in [0.1, 0.15) is 30.0 Å². The van der Waals surface area contributed by atoms with Gasteiger partial charge in [0.25, 0.3) is 0 Å².